The third kappa shape index (κ3) is 2.57. The number of rotatable bonds is 2. The Morgan fingerprint density at radius 1 is 1.32 bits per heavy atom. The number of piperazine rings is 1. The molecule has 1 aliphatic carbocycles. The molecular weight excluding hydrogens is 312 g/mol. The molecule has 2 aromatic rings. The summed E-state index contributed by atoms with van der Waals surface area (Å²) in [6, 6.07) is 7.33. The number of amides is 1. The smallest absolute Gasteiger partial charge is 0.234 e. The molecule has 2 fully saturated rings. The van der Waals surface area contributed by atoms with Crippen LogP contribution in [0.3, 0.4) is 0 Å². The summed E-state index contributed by atoms with van der Waals surface area (Å²) < 4.78 is 0. The van der Waals surface area contributed by atoms with Crippen LogP contribution in [0.4, 0.5) is 0 Å². The number of benzene rings is 1. The largest absolute Gasteiger partial charge is 0.361 e. The molecule has 5 nitrogen and oxygen atoms in total. The first-order valence-corrected chi connectivity index (χ1v) is 9.47. The molecule has 5 rings (SSSR count). The molecule has 1 aromatic carbocycles. The van der Waals surface area contributed by atoms with Gasteiger partial charge in [0.05, 0.1) is 6.54 Å². The highest BCUT2D eigenvalue weighted by molar-refractivity contribution is 5.88. The quantitative estimate of drug-likeness (QED) is 0.874. The molecule has 1 amide bonds. The fourth-order valence-electron chi connectivity index (χ4n) is 5.40. The van der Waals surface area contributed by atoms with E-state index in [1.807, 2.05) is 0 Å². The van der Waals surface area contributed by atoms with E-state index in [0.29, 0.717) is 24.4 Å². The van der Waals surface area contributed by atoms with Gasteiger partial charge in [0, 0.05) is 55.2 Å². The molecule has 2 N–H and O–H groups in total. The number of carbonyl (C=O) groups excluding carboxylic acids is 1. The second kappa shape index (κ2) is 5.85. The second-order valence-corrected chi connectivity index (χ2v) is 8.09. The number of likely N-dealkylation sites (N-methyl/N-ethyl adjacent to an activating group) is 1. The Labute approximate surface area is 148 Å². The van der Waals surface area contributed by atoms with Gasteiger partial charge in [-0.15, -0.1) is 0 Å². The summed E-state index contributed by atoms with van der Waals surface area (Å²) in [5, 5.41) is 4.40. The molecule has 0 unspecified atom stereocenters. The van der Waals surface area contributed by atoms with Crippen molar-refractivity contribution >= 4 is 16.8 Å². The van der Waals surface area contributed by atoms with Crippen molar-refractivity contribution in [3.8, 4) is 0 Å². The zero-order valence-electron chi connectivity index (χ0n) is 14.8. The standard InChI is InChI=1S/C20H26N4O/c1-23-10-13(11-24-6-5-21-19(25)12-24)7-16-15-3-2-4-17-20(15)14(9-22-17)8-18(16)23/h2-4,9,13,16,18,22H,5-8,10-12H2,1H3,(H,21,25)/t13-,16-,18-/m1/s1. The summed E-state index contributed by atoms with van der Waals surface area (Å²) >= 11 is 0. The number of piperidine rings is 1. The lowest BCUT2D eigenvalue weighted by Gasteiger charge is -2.46. The minimum absolute atomic E-state index is 0.174. The highest BCUT2D eigenvalue weighted by atomic mass is 16.2. The van der Waals surface area contributed by atoms with E-state index in [2.05, 4.69) is 51.5 Å². The highest BCUT2D eigenvalue weighted by Crippen LogP contribution is 2.44. The van der Waals surface area contributed by atoms with Crippen molar-refractivity contribution in [2.45, 2.75) is 24.8 Å². The van der Waals surface area contributed by atoms with Gasteiger partial charge in [0.15, 0.2) is 0 Å². The van der Waals surface area contributed by atoms with Crippen LogP contribution in [0.25, 0.3) is 10.9 Å². The van der Waals surface area contributed by atoms with E-state index >= 15 is 0 Å². The first kappa shape index (κ1) is 15.4. The van der Waals surface area contributed by atoms with E-state index in [1.165, 1.54) is 28.5 Å². The molecule has 3 heterocycles. The molecule has 1 aromatic heterocycles. The van der Waals surface area contributed by atoms with E-state index < -0.39 is 0 Å². The third-order valence-electron chi connectivity index (χ3n) is 6.45. The summed E-state index contributed by atoms with van der Waals surface area (Å²) in [4.78, 5) is 20.0. The fourth-order valence-corrected chi connectivity index (χ4v) is 5.40. The molecule has 3 aliphatic rings. The van der Waals surface area contributed by atoms with Gasteiger partial charge in [-0.25, -0.2) is 0 Å². The number of likely N-dealkylation sites (tertiary alicyclic amines) is 1. The van der Waals surface area contributed by atoms with Crippen LogP contribution >= 0.6 is 0 Å². The van der Waals surface area contributed by atoms with E-state index in [1.54, 1.807) is 0 Å². The Morgan fingerprint density at radius 2 is 2.24 bits per heavy atom. The molecule has 3 atom stereocenters. The molecule has 132 valence electrons. The third-order valence-corrected chi connectivity index (χ3v) is 6.45. The highest BCUT2D eigenvalue weighted by Gasteiger charge is 2.39. The lowest BCUT2D eigenvalue weighted by atomic mass is 9.72. The summed E-state index contributed by atoms with van der Waals surface area (Å²) in [6.07, 6.45) is 4.59. The Bertz CT molecular complexity index is 813. The molecule has 0 saturated carbocycles. The van der Waals surface area contributed by atoms with Gasteiger partial charge in [-0.05, 0) is 43.0 Å². The van der Waals surface area contributed by atoms with Crippen LogP contribution in [-0.4, -0.2) is 66.5 Å². The number of fused-ring (bicyclic) bond motifs is 2. The molecule has 5 heteroatoms. The van der Waals surface area contributed by atoms with Gasteiger partial charge in [0.25, 0.3) is 0 Å². The lowest BCUT2D eigenvalue weighted by Crippen LogP contribution is -2.53. The van der Waals surface area contributed by atoms with Crippen molar-refractivity contribution in [1.29, 1.82) is 0 Å². The first-order chi connectivity index (χ1) is 12.2. The van der Waals surface area contributed by atoms with Crippen LogP contribution < -0.4 is 5.32 Å². The van der Waals surface area contributed by atoms with E-state index in [0.717, 1.165) is 32.6 Å². The van der Waals surface area contributed by atoms with Gasteiger partial charge in [0.1, 0.15) is 0 Å². The molecule has 0 bridgehead atoms. The maximum atomic E-state index is 11.7. The van der Waals surface area contributed by atoms with Gasteiger partial charge in [-0.1, -0.05) is 12.1 Å². The van der Waals surface area contributed by atoms with Crippen LogP contribution in [0.1, 0.15) is 23.5 Å². The topological polar surface area (TPSA) is 51.4 Å². The molecule has 2 aliphatic heterocycles. The Hall–Kier alpha value is -1.85. The normalized spacial score (nSPS) is 30.3. The van der Waals surface area contributed by atoms with Crippen LogP contribution in [0.2, 0.25) is 0 Å². The first-order valence-electron chi connectivity index (χ1n) is 9.47. The molecule has 2 saturated heterocycles. The zero-order valence-corrected chi connectivity index (χ0v) is 14.8. The summed E-state index contributed by atoms with van der Waals surface area (Å²) in [7, 11) is 2.28. The number of H-pyrrole nitrogens is 1. The molecule has 25 heavy (non-hydrogen) atoms. The monoisotopic (exact) mass is 338 g/mol. The predicted molar refractivity (Wildman–Crippen MR) is 98.7 cm³/mol. The maximum Gasteiger partial charge on any atom is 0.234 e. The number of hydrogen-bond donors (Lipinski definition) is 2. The number of carbonyl (C=O) groups is 1. The van der Waals surface area contributed by atoms with Crippen LogP contribution in [0.5, 0.6) is 0 Å². The number of aromatic nitrogens is 1. The molecule has 0 radical (unpaired) electrons. The van der Waals surface area contributed by atoms with Gasteiger partial charge in [0.2, 0.25) is 5.91 Å². The van der Waals surface area contributed by atoms with Crippen LogP contribution in [0.15, 0.2) is 24.4 Å². The van der Waals surface area contributed by atoms with Crippen molar-refractivity contribution in [1.82, 2.24) is 20.1 Å². The van der Waals surface area contributed by atoms with Gasteiger partial charge in [-0.2, -0.15) is 0 Å². The van der Waals surface area contributed by atoms with Crippen molar-refractivity contribution in [2.75, 3.05) is 39.8 Å². The van der Waals surface area contributed by atoms with E-state index in [9.17, 15) is 4.79 Å². The van der Waals surface area contributed by atoms with E-state index in [4.69, 9.17) is 0 Å². The lowest BCUT2D eigenvalue weighted by molar-refractivity contribution is -0.124. The minimum atomic E-state index is 0.174. The van der Waals surface area contributed by atoms with Gasteiger partial charge >= 0.3 is 0 Å². The SMILES string of the molecule is CN1C[C@H](CN2CCNC(=O)C2)C[C@@H]2c3cccc4[nH]cc(c34)C[C@H]21. The Balaban J connectivity index is 1.41. The molecular formula is C20H26N4O. The summed E-state index contributed by atoms with van der Waals surface area (Å²) in [5.41, 5.74) is 4.28. The Kier molecular flexibility index (Phi) is 3.61. The predicted octanol–water partition coefficient (Wildman–Crippen LogP) is 1.56. The maximum absolute atomic E-state index is 11.7. The second-order valence-electron chi connectivity index (χ2n) is 8.09. The van der Waals surface area contributed by atoms with Crippen molar-refractivity contribution < 1.29 is 4.79 Å². The van der Waals surface area contributed by atoms with E-state index in [-0.39, 0.29) is 5.91 Å². The number of nitrogens with one attached hydrogen (secondary N) is 2. The number of nitrogens with zero attached hydrogens (tertiary/aromatic N) is 2. The van der Waals surface area contributed by atoms with Crippen molar-refractivity contribution in [2.24, 2.45) is 5.92 Å². The van der Waals surface area contributed by atoms with Crippen molar-refractivity contribution in [3.63, 3.8) is 0 Å². The van der Waals surface area contributed by atoms with Crippen molar-refractivity contribution in [3.05, 3.63) is 35.5 Å². The fraction of sp³-hybridized carbons (Fsp3) is 0.550. The average molecular weight is 338 g/mol. The number of hydrogen-bond acceptors (Lipinski definition) is 3. The summed E-state index contributed by atoms with van der Waals surface area (Å²) in [5.74, 6) is 1.41. The van der Waals surface area contributed by atoms with Gasteiger partial charge in [-0.3, -0.25) is 9.69 Å². The number of aromatic amines is 1. The van der Waals surface area contributed by atoms with Crippen LogP contribution in [-0.2, 0) is 11.2 Å². The Morgan fingerprint density at radius 3 is 3.12 bits per heavy atom. The molecule has 0 spiro atoms. The van der Waals surface area contributed by atoms with Gasteiger partial charge < -0.3 is 15.2 Å². The van der Waals surface area contributed by atoms with Crippen LogP contribution in [0, 0.1) is 5.92 Å². The zero-order chi connectivity index (χ0) is 17.0. The average Bonchev–Trinajstić information content (AvgIpc) is 3.01. The summed E-state index contributed by atoms with van der Waals surface area (Å²) in [6.45, 7) is 4.51. The minimum Gasteiger partial charge on any atom is -0.361 e.